The van der Waals surface area contributed by atoms with Crippen LogP contribution in [-0.2, 0) is 24.0 Å². The van der Waals surface area contributed by atoms with Crippen molar-refractivity contribution >= 4 is 10.8 Å². The fourth-order valence-corrected chi connectivity index (χ4v) is 3.13. The number of nitrogens with one attached hydrogen (secondary N) is 1. The Bertz CT molecular complexity index is 581. The molecule has 2 heteroatoms. The Morgan fingerprint density at radius 3 is 2.75 bits per heavy atom. The molecule has 2 aromatic carbocycles. The largest absolute Gasteiger partial charge is 0.380 e. The average Bonchev–Trinajstić information content (AvgIpc) is 2.90. The van der Waals surface area contributed by atoms with Gasteiger partial charge in [-0.2, -0.15) is 0 Å². The van der Waals surface area contributed by atoms with E-state index in [1.165, 1.54) is 40.3 Å². The minimum atomic E-state index is 0.801. The second kappa shape index (κ2) is 6.38. The Labute approximate surface area is 121 Å². The summed E-state index contributed by atoms with van der Waals surface area (Å²) in [4.78, 5) is 0. The fourth-order valence-electron chi connectivity index (χ4n) is 3.13. The van der Waals surface area contributed by atoms with Gasteiger partial charge in [-0.05, 0) is 53.3 Å². The minimum Gasteiger partial charge on any atom is -0.380 e. The molecule has 1 aliphatic carbocycles. The summed E-state index contributed by atoms with van der Waals surface area (Å²) in [6.07, 6.45) is 3.41. The van der Waals surface area contributed by atoms with Crippen LogP contribution in [-0.4, -0.2) is 26.3 Å². The maximum atomic E-state index is 5.70. The minimum absolute atomic E-state index is 0.801. The number of benzene rings is 2. The van der Waals surface area contributed by atoms with Crippen molar-refractivity contribution in [1.29, 1.82) is 0 Å². The van der Waals surface area contributed by atoms with Crippen molar-refractivity contribution < 1.29 is 4.74 Å². The van der Waals surface area contributed by atoms with Gasteiger partial charge in [0.15, 0.2) is 0 Å². The maximum absolute atomic E-state index is 5.70. The van der Waals surface area contributed by atoms with Gasteiger partial charge in [-0.15, -0.1) is 0 Å². The third kappa shape index (κ3) is 2.72. The summed E-state index contributed by atoms with van der Waals surface area (Å²) >= 11 is 0. The van der Waals surface area contributed by atoms with Gasteiger partial charge < -0.3 is 10.1 Å². The Balaban J connectivity index is 1.67. The second-order valence-corrected chi connectivity index (χ2v) is 5.44. The quantitative estimate of drug-likeness (QED) is 0.780. The van der Waals surface area contributed by atoms with E-state index in [-0.39, 0.29) is 0 Å². The smallest absolute Gasteiger partial charge is 0.0591 e. The normalized spacial score (nSPS) is 13.2. The number of hydrogen-bond donors (Lipinski definition) is 1. The van der Waals surface area contributed by atoms with Crippen LogP contribution in [0.25, 0.3) is 10.8 Å². The van der Waals surface area contributed by atoms with Crippen molar-refractivity contribution in [1.82, 2.24) is 5.32 Å². The fraction of sp³-hybridized carbons (Fsp3) is 0.444. The summed E-state index contributed by atoms with van der Waals surface area (Å²) in [5, 5.41) is 6.22. The molecule has 0 aliphatic heterocycles. The van der Waals surface area contributed by atoms with Gasteiger partial charge in [-0.3, -0.25) is 0 Å². The van der Waals surface area contributed by atoms with E-state index in [9.17, 15) is 0 Å². The molecule has 0 heterocycles. The predicted molar refractivity (Wildman–Crippen MR) is 84.4 cm³/mol. The van der Waals surface area contributed by atoms with Gasteiger partial charge in [-0.1, -0.05) is 37.3 Å². The molecule has 1 N–H and O–H groups in total. The molecule has 0 amide bonds. The first kappa shape index (κ1) is 13.6. The molecule has 0 bridgehead atoms. The van der Waals surface area contributed by atoms with E-state index in [4.69, 9.17) is 4.74 Å². The molecule has 106 valence electrons. The van der Waals surface area contributed by atoms with Crippen molar-refractivity contribution in [2.45, 2.75) is 26.2 Å². The predicted octanol–water partition coefficient (Wildman–Crippen LogP) is 3.11. The van der Waals surface area contributed by atoms with Crippen LogP contribution in [0.4, 0.5) is 0 Å². The van der Waals surface area contributed by atoms with Crippen LogP contribution in [0.5, 0.6) is 0 Å². The van der Waals surface area contributed by atoms with Gasteiger partial charge in [0.2, 0.25) is 0 Å². The molecule has 2 nitrogen and oxygen atoms in total. The summed E-state index contributed by atoms with van der Waals surface area (Å²) in [5.74, 6) is 0. The lowest BCUT2D eigenvalue weighted by molar-refractivity contribution is 0.139. The third-order valence-electron chi connectivity index (χ3n) is 4.16. The first-order valence-corrected chi connectivity index (χ1v) is 7.71. The average molecular weight is 269 g/mol. The second-order valence-electron chi connectivity index (χ2n) is 5.44. The van der Waals surface area contributed by atoms with Crippen LogP contribution in [0.15, 0.2) is 30.3 Å². The number of ether oxygens (including phenoxy) is 1. The molecule has 3 rings (SSSR count). The monoisotopic (exact) mass is 269 g/mol. The van der Waals surface area contributed by atoms with Crippen LogP contribution in [0.2, 0.25) is 0 Å². The van der Waals surface area contributed by atoms with Crippen molar-refractivity contribution in [2.75, 3.05) is 26.3 Å². The molecule has 0 fully saturated rings. The van der Waals surface area contributed by atoms with Gasteiger partial charge in [0.05, 0.1) is 13.2 Å². The maximum Gasteiger partial charge on any atom is 0.0591 e. The lowest BCUT2D eigenvalue weighted by atomic mass is 9.98. The highest BCUT2D eigenvalue weighted by atomic mass is 16.5. The van der Waals surface area contributed by atoms with Gasteiger partial charge in [-0.25, -0.2) is 0 Å². The summed E-state index contributed by atoms with van der Waals surface area (Å²) in [6.45, 7) is 5.69. The zero-order chi connectivity index (χ0) is 13.8. The lowest BCUT2D eigenvalue weighted by Crippen LogP contribution is -2.19. The number of likely N-dealkylation sites (N-methyl/N-ethyl adjacent to an activating group) is 1. The van der Waals surface area contributed by atoms with E-state index in [2.05, 4.69) is 42.6 Å². The van der Waals surface area contributed by atoms with Gasteiger partial charge in [0, 0.05) is 6.54 Å². The first-order valence-electron chi connectivity index (χ1n) is 7.71. The summed E-state index contributed by atoms with van der Waals surface area (Å²) in [5.41, 5.74) is 4.47. The van der Waals surface area contributed by atoms with E-state index in [0.717, 1.165) is 32.7 Å². The van der Waals surface area contributed by atoms with Gasteiger partial charge >= 0.3 is 0 Å². The van der Waals surface area contributed by atoms with Crippen molar-refractivity contribution in [3.8, 4) is 0 Å². The van der Waals surface area contributed by atoms with Crippen LogP contribution >= 0.6 is 0 Å². The topological polar surface area (TPSA) is 21.3 Å². The van der Waals surface area contributed by atoms with Crippen LogP contribution in [0.3, 0.4) is 0 Å². The van der Waals surface area contributed by atoms with Crippen LogP contribution < -0.4 is 5.32 Å². The molecule has 1 aliphatic rings. The molecular formula is C18H23NO. The van der Waals surface area contributed by atoms with E-state index in [0.29, 0.717) is 0 Å². The molecule has 0 saturated carbocycles. The Morgan fingerprint density at radius 2 is 1.90 bits per heavy atom. The van der Waals surface area contributed by atoms with Crippen molar-refractivity contribution in [3.63, 3.8) is 0 Å². The molecule has 0 atom stereocenters. The molecule has 0 spiro atoms. The highest BCUT2D eigenvalue weighted by Gasteiger charge is 2.15. The Kier molecular flexibility index (Phi) is 4.34. The van der Waals surface area contributed by atoms with E-state index in [1.807, 2.05) is 0 Å². The van der Waals surface area contributed by atoms with Crippen LogP contribution in [0, 0.1) is 0 Å². The molecule has 0 saturated heterocycles. The molecule has 20 heavy (non-hydrogen) atoms. The Hall–Kier alpha value is -1.38. The number of hydrogen-bond acceptors (Lipinski definition) is 2. The summed E-state index contributed by atoms with van der Waals surface area (Å²) in [6, 6.07) is 11.3. The van der Waals surface area contributed by atoms with E-state index < -0.39 is 0 Å². The number of aryl methyl sites for hydroxylation is 2. The first-order chi connectivity index (χ1) is 9.90. The summed E-state index contributed by atoms with van der Waals surface area (Å²) in [7, 11) is 0. The molecule has 0 radical (unpaired) electrons. The summed E-state index contributed by atoms with van der Waals surface area (Å²) < 4.78 is 5.70. The van der Waals surface area contributed by atoms with E-state index in [1.54, 1.807) is 0 Å². The molecule has 0 unspecified atom stereocenters. The zero-order valence-electron chi connectivity index (χ0n) is 12.2. The molecule has 2 aromatic rings. The van der Waals surface area contributed by atoms with Crippen LogP contribution in [0.1, 0.15) is 23.6 Å². The highest BCUT2D eigenvalue weighted by Crippen LogP contribution is 2.32. The van der Waals surface area contributed by atoms with Gasteiger partial charge in [0.25, 0.3) is 0 Å². The Morgan fingerprint density at radius 1 is 1.05 bits per heavy atom. The van der Waals surface area contributed by atoms with Gasteiger partial charge in [0.1, 0.15) is 0 Å². The SMILES string of the molecule is CCNCCOCCc1ccc2c3c(cccc13)CC2. The third-order valence-corrected chi connectivity index (χ3v) is 4.16. The number of rotatable bonds is 7. The molecular weight excluding hydrogens is 246 g/mol. The zero-order valence-corrected chi connectivity index (χ0v) is 12.2. The van der Waals surface area contributed by atoms with E-state index >= 15 is 0 Å². The van der Waals surface area contributed by atoms with Crippen molar-refractivity contribution in [3.05, 3.63) is 47.0 Å². The molecule has 0 aromatic heterocycles. The lowest BCUT2D eigenvalue weighted by Gasteiger charge is -2.09. The highest BCUT2D eigenvalue weighted by molar-refractivity contribution is 5.93. The van der Waals surface area contributed by atoms with Crippen molar-refractivity contribution in [2.24, 2.45) is 0 Å². The standard InChI is InChI=1S/C18H23NO/c1-2-19-11-13-20-12-10-14-6-7-16-9-8-15-4-3-5-17(14)18(15)16/h3-7,19H,2,8-13H2,1H3.